The summed E-state index contributed by atoms with van der Waals surface area (Å²) in [7, 11) is 3.26. The lowest BCUT2D eigenvalue weighted by Gasteiger charge is -2.22. The smallest absolute Gasteiger partial charge is 0.317 e. The summed E-state index contributed by atoms with van der Waals surface area (Å²) in [6, 6.07) is -0.0393. The van der Waals surface area contributed by atoms with Gasteiger partial charge >= 0.3 is 6.03 Å². The van der Waals surface area contributed by atoms with Crippen LogP contribution in [0.4, 0.5) is 4.79 Å². The van der Waals surface area contributed by atoms with E-state index in [2.05, 4.69) is 12.2 Å². The minimum atomic E-state index is -0.0393. The van der Waals surface area contributed by atoms with Crippen molar-refractivity contribution in [2.24, 2.45) is 0 Å². The lowest BCUT2D eigenvalue weighted by Crippen LogP contribution is -2.43. The van der Waals surface area contributed by atoms with E-state index >= 15 is 0 Å². The van der Waals surface area contributed by atoms with E-state index < -0.39 is 0 Å². The van der Waals surface area contributed by atoms with Crippen molar-refractivity contribution >= 4 is 6.03 Å². The van der Waals surface area contributed by atoms with Crippen LogP contribution in [-0.2, 0) is 9.47 Å². The Hall–Kier alpha value is -0.810. The molecule has 5 nitrogen and oxygen atoms in total. The summed E-state index contributed by atoms with van der Waals surface area (Å²) in [4.78, 5) is 13.4. The molecule has 0 fully saturated rings. The topological polar surface area (TPSA) is 50.8 Å². The van der Waals surface area contributed by atoms with E-state index in [0.29, 0.717) is 26.3 Å². The molecule has 0 aromatic heterocycles. The Balaban J connectivity index is 3.88. The molecule has 0 aliphatic rings. The van der Waals surface area contributed by atoms with Gasteiger partial charge in [0.05, 0.1) is 13.2 Å². The van der Waals surface area contributed by atoms with Crippen LogP contribution in [0.5, 0.6) is 0 Å². The summed E-state index contributed by atoms with van der Waals surface area (Å²) in [5.74, 6) is 0. The largest absolute Gasteiger partial charge is 0.383 e. The van der Waals surface area contributed by atoms with Gasteiger partial charge < -0.3 is 19.7 Å². The standard InChI is InChI=1S/C11H24N2O3/c1-4-5-6-12-11(14)13(7-9-15-2)8-10-16-3/h4-10H2,1-3H3,(H,12,14). The zero-order valence-corrected chi connectivity index (χ0v) is 10.6. The summed E-state index contributed by atoms with van der Waals surface area (Å²) in [6.07, 6.45) is 2.09. The van der Waals surface area contributed by atoms with Crippen LogP contribution in [-0.4, -0.2) is 58.0 Å². The Morgan fingerprint density at radius 1 is 1.19 bits per heavy atom. The van der Waals surface area contributed by atoms with Crippen molar-refractivity contribution in [1.29, 1.82) is 0 Å². The SMILES string of the molecule is CCCCNC(=O)N(CCOC)CCOC. The van der Waals surface area contributed by atoms with Crippen LogP contribution in [0.25, 0.3) is 0 Å². The highest BCUT2D eigenvalue weighted by Crippen LogP contribution is 1.92. The van der Waals surface area contributed by atoms with E-state index in [1.165, 1.54) is 0 Å². The molecule has 5 heteroatoms. The van der Waals surface area contributed by atoms with E-state index in [0.717, 1.165) is 19.4 Å². The normalized spacial score (nSPS) is 10.2. The van der Waals surface area contributed by atoms with Gasteiger partial charge in [-0.1, -0.05) is 13.3 Å². The lowest BCUT2D eigenvalue weighted by atomic mass is 10.3. The van der Waals surface area contributed by atoms with Gasteiger partial charge in [0.1, 0.15) is 0 Å². The molecule has 96 valence electrons. The zero-order valence-electron chi connectivity index (χ0n) is 10.6. The number of amides is 2. The van der Waals surface area contributed by atoms with Crippen LogP contribution < -0.4 is 5.32 Å². The molecule has 2 amide bonds. The highest BCUT2D eigenvalue weighted by atomic mass is 16.5. The fourth-order valence-electron chi connectivity index (χ4n) is 1.20. The van der Waals surface area contributed by atoms with E-state index in [-0.39, 0.29) is 6.03 Å². The first-order valence-electron chi connectivity index (χ1n) is 5.76. The molecule has 0 saturated heterocycles. The van der Waals surface area contributed by atoms with Crippen LogP contribution in [0.3, 0.4) is 0 Å². The first kappa shape index (κ1) is 15.2. The van der Waals surface area contributed by atoms with Crippen LogP contribution in [0, 0.1) is 0 Å². The maximum atomic E-state index is 11.7. The van der Waals surface area contributed by atoms with Gasteiger partial charge in [0.2, 0.25) is 0 Å². The fraction of sp³-hybridized carbons (Fsp3) is 0.909. The van der Waals surface area contributed by atoms with Gasteiger partial charge in [-0.05, 0) is 6.42 Å². The first-order valence-corrected chi connectivity index (χ1v) is 5.76. The van der Waals surface area contributed by atoms with Gasteiger partial charge in [-0.2, -0.15) is 0 Å². The van der Waals surface area contributed by atoms with Crippen molar-refractivity contribution in [2.75, 3.05) is 47.1 Å². The average molecular weight is 232 g/mol. The maximum Gasteiger partial charge on any atom is 0.317 e. The monoisotopic (exact) mass is 232 g/mol. The quantitative estimate of drug-likeness (QED) is 0.605. The molecule has 0 spiro atoms. The minimum absolute atomic E-state index is 0.0393. The molecule has 0 unspecified atom stereocenters. The summed E-state index contributed by atoms with van der Waals surface area (Å²) in [5, 5.41) is 2.88. The average Bonchev–Trinajstić information content (AvgIpc) is 2.29. The van der Waals surface area contributed by atoms with Crippen molar-refractivity contribution < 1.29 is 14.3 Å². The molecule has 0 aliphatic heterocycles. The second-order valence-electron chi connectivity index (χ2n) is 3.56. The number of carbonyl (C=O) groups excluding carboxylic acids is 1. The van der Waals surface area contributed by atoms with Crippen molar-refractivity contribution in [1.82, 2.24) is 10.2 Å². The lowest BCUT2D eigenvalue weighted by molar-refractivity contribution is 0.122. The molecule has 0 heterocycles. The number of hydrogen-bond acceptors (Lipinski definition) is 3. The van der Waals surface area contributed by atoms with Gasteiger partial charge in [-0.25, -0.2) is 4.79 Å². The molecule has 0 radical (unpaired) electrons. The number of hydrogen-bond donors (Lipinski definition) is 1. The number of urea groups is 1. The first-order chi connectivity index (χ1) is 7.76. The third kappa shape index (κ3) is 7.48. The molecular weight excluding hydrogens is 208 g/mol. The number of unbranched alkanes of at least 4 members (excludes halogenated alkanes) is 1. The van der Waals surface area contributed by atoms with E-state index in [1.54, 1.807) is 19.1 Å². The number of nitrogens with one attached hydrogen (secondary N) is 1. The molecule has 0 rings (SSSR count). The van der Waals surface area contributed by atoms with Crippen LogP contribution in [0.1, 0.15) is 19.8 Å². The van der Waals surface area contributed by atoms with E-state index in [9.17, 15) is 4.79 Å². The Morgan fingerprint density at radius 3 is 2.19 bits per heavy atom. The Bertz CT molecular complexity index is 169. The molecule has 0 atom stereocenters. The predicted octanol–water partition coefficient (Wildman–Crippen LogP) is 1.09. The molecule has 0 bridgehead atoms. The van der Waals surface area contributed by atoms with Gasteiger partial charge in [0, 0.05) is 33.9 Å². The minimum Gasteiger partial charge on any atom is -0.383 e. The summed E-state index contributed by atoms with van der Waals surface area (Å²) >= 11 is 0. The number of rotatable bonds is 9. The van der Waals surface area contributed by atoms with Gasteiger partial charge in [0.25, 0.3) is 0 Å². The van der Waals surface area contributed by atoms with Crippen LogP contribution in [0.2, 0.25) is 0 Å². The zero-order chi connectivity index (χ0) is 12.2. The van der Waals surface area contributed by atoms with Gasteiger partial charge in [0.15, 0.2) is 0 Å². The molecule has 1 N–H and O–H groups in total. The number of ether oxygens (including phenoxy) is 2. The number of carbonyl (C=O) groups is 1. The molecule has 0 aromatic rings. The van der Waals surface area contributed by atoms with Crippen LogP contribution in [0.15, 0.2) is 0 Å². The molecule has 0 aliphatic carbocycles. The molecular formula is C11H24N2O3. The van der Waals surface area contributed by atoms with E-state index in [1.807, 2.05) is 0 Å². The molecule has 16 heavy (non-hydrogen) atoms. The van der Waals surface area contributed by atoms with Crippen molar-refractivity contribution in [2.45, 2.75) is 19.8 Å². The van der Waals surface area contributed by atoms with Crippen molar-refractivity contribution in [3.8, 4) is 0 Å². The Labute approximate surface area is 98.1 Å². The highest BCUT2D eigenvalue weighted by Gasteiger charge is 2.11. The number of nitrogens with zero attached hydrogens (tertiary/aromatic N) is 1. The van der Waals surface area contributed by atoms with Gasteiger partial charge in [-0.15, -0.1) is 0 Å². The molecule has 0 saturated carbocycles. The van der Waals surface area contributed by atoms with Gasteiger partial charge in [-0.3, -0.25) is 0 Å². The molecule has 0 aromatic carbocycles. The summed E-state index contributed by atoms with van der Waals surface area (Å²) in [5.41, 5.74) is 0. The third-order valence-corrected chi connectivity index (χ3v) is 2.22. The summed E-state index contributed by atoms with van der Waals surface area (Å²) < 4.78 is 9.93. The Kier molecular flexibility index (Phi) is 10.2. The fourth-order valence-corrected chi connectivity index (χ4v) is 1.20. The van der Waals surface area contributed by atoms with Crippen molar-refractivity contribution in [3.05, 3.63) is 0 Å². The van der Waals surface area contributed by atoms with Crippen molar-refractivity contribution in [3.63, 3.8) is 0 Å². The number of methoxy groups -OCH3 is 2. The highest BCUT2D eigenvalue weighted by molar-refractivity contribution is 5.74. The van der Waals surface area contributed by atoms with E-state index in [4.69, 9.17) is 9.47 Å². The predicted molar refractivity (Wildman–Crippen MR) is 63.6 cm³/mol. The summed E-state index contributed by atoms with van der Waals surface area (Å²) in [6.45, 7) is 5.11. The maximum absolute atomic E-state index is 11.7. The second kappa shape index (κ2) is 10.7. The third-order valence-electron chi connectivity index (χ3n) is 2.22. The Morgan fingerprint density at radius 2 is 1.75 bits per heavy atom. The second-order valence-corrected chi connectivity index (χ2v) is 3.56. The van der Waals surface area contributed by atoms with Crippen LogP contribution >= 0.6 is 0 Å².